The van der Waals surface area contributed by atoms with Crippen LogP contribution in [0.1, 0.15) is 118 Å². The number of carbonyl (C=O) groups is 9. The summed E-state index contributed by atoms with van der Waals surface area (Å²) in [5, 5.41) is 12.5. The van der Waals surface area contributed by atoms with Gasteiger partial charge in [-0.05, 0) is 130 Å². The number of alkyl halides is 2. The highest BCUT2D eigenvalue weighted by Gasteiger charge is 2.51. The maximum absolute atomic E-state index is 14.5. The Balaban J connectivity index is 0.812. The van der Waals surface area contributed by atoms with E-state index in [1.165, 1.54) is 33.3 Å². The quantitative estimate of drug-likeness (QED) is 0.0482. The lowest BCUT2D eigenvalue weighted by Crippen LogP contribution is -2.61. The minimum absolute atomic E-state index is 0.0328. The fourth-order valence-corrected chi connectivity index (χ4v) is 13.3. The summed E-state index contributed by atoms with van der Waals surface area (Å²) in [5.41, 5.74) is 2.13. The zero-order chi connectivity index (χ0) is 57.2. The van der Waals surface area contributed by atoms with Crippen LogP contribution >= 0.6 is 30.3 Å². The molecule has 4 saturated heterocycles. The second-order valence-corrected chi connectivity index (χ2v) is 24.6. The summed E-state index contributed by atoms with van der Waals surface area (Å²) in [6.07, 6.45) is 3.78. The van der Waals surface area contributed by atoms with Gasteiger partial charge < -0.3 is 51.1 Å². The molecule has 424 valence electrons. The number of halogens is 2. The van der Waals surface area contributed by atoms with Gasteiger partial charge in [-0.25, -0.2) is 0 Å². The van der Waals surface area contributed by atoms with Crippen LogP contribution in [0.25, 0.3) is 10.1 Å². The van der Waals surface area contributed by atoms with Crippen molar-refractivity contribution in [1.29, 1.82) is 0 Å². The predicted molar refractivity (Wildman–Crippen MR) is 288 cm³/mol. The lowest BCUT2D eigenvalue weighted by Gasteiger charge is -2.38. The van der Waals surface area contributed by atoms with E-state index in [1.807, 2.05) is 11.0 Å². The van der Waals surface area contributed by atoms with Crippen LogP contribution in [0.5, 0.6) is 0 Å². The molecule has 0 radical (unpaired) electrons. The molecule has 7 heterocycles. The number of nitrogens with zero attached hydrogens (tertiary/aromatic N) is 4. The third kappa shape index (κ3) is 12.6. The van der Waals surface area contributed by atoms with Gasteiger partial charge in [-0.2, -0.15) is 8.78 Å². The molecule has 5 aliphatic heterocycles. The molecule has 4 fully saturated rings. The Labute approximate surface area is 466 Å². The van der Waals surface area contributed by atoms with E-state index >= 15 is 0 Å². The first-order valence-corrected chi connectivity index (χ1v) is 29.6. The van der Waals surface area contributed by atoms with Gasteiger partial charge in [0.2, 0.25) is 35.4 Å². The highest BCUT2D eigenvalue weighted by atomic mass is 32.1. The van der Waals surface area contributed by atoms with Crippen LogP contribution in [0.4, 0.5) is 8.78 Å². The van der Waals surface area contributed by atoms with Crippen molar-refractivity contribution in [1.82, 2.24) is 40.9 Å². The summed E-state index contributed by atoms with van der Waals surface area (Å²) in [7, 11) is -4.09. The molecule has 5 aliphatic rings. The Morgan fingerprint density at radius 2 is 1.73 bits per heavy atom. The Bertz CT molecular complexity index is 3240. The van der Waals surface area contributed by atoms with Crippen molar-refractivity contribution < 1.29 is 66.3 Å². The average Bonchev–Trinajstić information content (AvgIpc) is 4.26. The lowest BCUT2D eigenvalue weighted by atomic mass is 9.92. The number of amides is 9. The maximum Gasteiger partial charge on any atom is 0.399 e. The molecule has 0 saturated carbocycles. The molecule has 26 heteroatoms. The van der Waals surface area contributed by atoms with Gasteiger partial charge in [-0.3, -0.25) is 53.0 Å². The number of piperidine rings is 2. The van der Waals surface area contributed by atoms with E-state index in [2.05, 4.69) is 33.1 Å². The number of primary amides is 1. The first kappa shape index (κ1) is 57.7. The minimum atomic E-state index is -5.86. The summed E-state index contributed by atoms with van der Waals surface area (Å²) in [6, 6.07) is 7.17. The van der Waals surface area contributed by atoms with E-state index in [0.29, 0.717) is 66.9 Å². The predicted octanol–water partition coefficient (Wildman–Crippen LogP) is 3.42. The molecular formula is C54H60F2N9O12PS2. The molecule has 2 aromatic heterocycles. The normalized spacial score (nSPS) is 21.8. The zero-order valence-corrected chi connectivity index (χ0v) is 46.0. The van der Waals surface area contributed by atoms with Crippen LogP contribution in [0.3, 0.4) is 0 Å². The van der Waals surface area contributed by atoms with Crippen LogP contribution in [-0.2, 0) is 50.3 Å². The number of nitrogens with one attached hydrogen (secondary N) is 4. The largest absolute Gasteiger partial charge is 0.399 e. The highest BCUT2D eigenvalue weighted by molar-refractivity contribution is 7.52. The van der Waals surface area contributed by atoms with Gasteiger partial charge in [0.1, 0.15) is 30.2 Å². The summed E-state index contributed by atoms with van der Waals surface area (Å²) in [5.74, 6) is 1.78. The van der Waals surface area contributed by atoms with Crippen molar-refractivity contribution >= 4 is 93.5 Å². The summed E-state index contributed by atoms with van der Waals surface area (Å²) >= 11 is 2.19. The van der Waals surface area contributed by atoms with E-state index in [-0.39, 0.29) is 79.1 Å². The first-order chi connectivity index (χ1) is 38.1. The first-order valence-electron chi connectivity index (χ1n) is 26.3. The van der Waals surface area contributed by atoms with Crippen LogP contribution < -0.4 is 27.0 Å². The number of likely N-dealkylation sites (tertiary alicyclic amines) is 1. The molecule has 80 heavy (non-hydrogen) atoms. The molecule has 0 aliphatic carbocycles. The zero-order valence-electron chi connectivity index (χ0n) is 43.5. The highest BCUT2D eigenvalue weighted by Crippen LogP contribution is 2.59. The SMILES string of the molecule is CN1CC[C@H]2CC[C@@H](C(=O)N[C@@H](CCC(N)=O)C(=O)N[C@H](C(=O)N3CCC(CCC#Cc4ccc5c(c4)CN(C4CCC(=O)NC4=O)C5=O)CC3)c3cccs3)N2C(=O)[C@@H](NC(=O)c2cc3cc(C(F)(F)P(=O)(O)O)ccc3s2)C1. The second-order valence-electron chi connectivity index (χ2n) is 20.9. The van der Waals surface area contributed by atoms with E-state index in [1.54, 1.807) is 41.6 Å². The van der Waals surface area contributed by atoms with E-state index in [0.717, 1.165) is 41.0 Å². The summed E-state index contributed by atoms with van der Waals surface area (Å²) < 4.78 is 41.0. The number of fused-ring (bicyclic) bond motifs is 3. The Morgan fingerprint density at radius 3 is 2.44 bits per heavy atom. The average molecular weight is 1160 g/mol. The van der Waals surface area contributed by atoms with Crippen molar-refractivity contribution in [2.24, 2.45) is 11.7 Å². The van der Waals surface area contributed by atoms with Crippen LogP contribution in [-0.4, -0.2) is 146 Å². The molecule has 21 nitrogen and oxygen atoms in total. The van der Waals surface area contributed by atoms with Crippen molar-refractivity contribution in [3.63, 3.8) is 0 Å². The van der Waals surface area contributed by atoms with Crippen molar-refractivity contribution in [2.45, 2.75) is 119 Å². The number of imide groups is 1. The maximum atomic E-state index is 14.5. The number of carbonyl (C=O) groups excluding carboxylic acids is 9. The number of likely N-dealkylation sites (N-methyl/N-ethyl adjacent to an activating group) is 1. The van der Waals surface area contributed by atoms with Crippen LogP contribution in [0.15, 0.2) is 60.0 Å². The molecule has 9 amide bonds. The van der Waals surface area contributed by atoms with E-state index in [9.17, 15) is 66.3 Å². The van der Waals surface area contributed by atoms with E-state index in [4.69, 9.17) is 5.73 Å². The third-order valence-electron chi connectivity index (χ3n) is 15.5. The second kappa shape index (κ2) is 24.0. The Morgan fingerprint density at radius 1 is 0.950 bits per heavy atom. The molecule has 1 unspecified atom stereocenters. The molecule has 9 rings (SSSR count). The van der Waals surface area contributed by atoms with Gasteiger partial charge in [0.25, 0.3) is 17.7 Å². The Hall–Kier alpha value is -6.94. The number of hydrogen-bond acceptors (Lipinski definition) is 13. The molecule has 4 aromatic rings. The lowest BCUT2D eigenvalue weighted by molar-refractivity contribution is -0.144. The van der Waals surface area contributed by atoms with Crippen LogP contribution in [0, 0.1) is 17.8 Å². The fraction of sp³-hybridized carbons (Fsp3) is 0.463. The number of benzene rings is 2. The molecule has 0 bridgehead atoms. The van der Waals surface area contributed by atoms with Gasteiger partial charge in [0.05, 0.1) is 4.88 Å². The van der Waals surface area contributed by atoms with Gasteiger partial charge in [-0.15, -0.1) is 22.7 Å². The van der Waals surface area contributed by atoms with E-state index < -0.39 is 90.5 Å². The summed E-state index contributed by atoms with van der Waals surface area (Å²) in [6.45, 7) is 1.61. The number of thiophene rings is 2. The number of rotatable bonds is 16. The monoisotopic (exact) mass is 1160 g/mol. The molecular weight excluding hydrogens is 1100 g/mol. The van der Waals surface area contributed by atoms with Crippen molar-refractivity contribution in [3.8, 4) is 11.8 Å². The molecule has 0 spiro atoms. The fourth-order valence-electron chi connectivity index (χ4n) is 11.1. The van der Waals surface area contributed by atoms with Crippen LogP contribution in [0.2, 0.25) is 0 Å². The summed E-state index contributed by atoms with van der Waals surface area (Å²) in [4.78, 5) is 146. The smallest absolute Gasteiger partial charge is 0.370 e. The number of hydrogen-bond donors (Lipinski definition) is 7. The van der Waals surface area contributed by atoms with Crippen molar-refractivity contribution in [3.05, 3.63) is 92.0 Å². The third-order valence-corrected chi connectivity index (χ3v) is 18.5. The van der Waals surface area contributed by atoms with Gasteiger partial charge in [0.15, 0.2) is 0 Å². The minimum Gasteiger partial charge on any atom is -0.370 e. The Kier molecular flexibility index (Phi) is 17.3. The van der Waals surface area contributed by atoms with Gasteiger partial charge in [0, 0.05) is 77.8 Å². The topological polar surface area (TPSA) is 298 Å². The number of nitrogens with two attached hydrogens (primary N) is 1. The van der Waals surface area contributed by atoms with Gasteiger partial charge >= 0.3 is 13.3 Å². The molecule has 8 N–H and O–H groups in total. The molecule has 2 aromatic carbocycles. The van der Waals surface area contributed by atoms with Gasteiger partial charge in [-0.1, -0.05) is 24.0 Å². The standard InChI is InChI=1S/C54H60F2N9O12PS2/c1-62-21-20-35-10-13-40(65(35)52(73)38(29-62)59-50(71)43-27-32-26-34(9-15-41(32)80-43)54(55,56)78(75,76)77)49(70)58-37(12-16-44(57)66)47(68)61-46(42-7-4-24-79-42)53(74)63-22-18-30(19-23-63)5-2-3-6-31-8-11-36-33(25-31)28-64(51(36)72)39-14-17-45(67)60-48(39)69/h4,7-9,11,15,24-27,30,35,37-40,46H,2,5,10,12-14,16-23,28-29H2,1H3,(H2,57,66)(H,58,70)(H,59,71)(H,61,68)(H,60,67,69)(H2,75,76,77)/t35-,37+,38+,39?,40+,46+/m1/s1. The molecule has 6 atom stereocenters. The van der Waals surface area contributed by atoms with Crippen molar-refractivity contribution in [2.75, 3.05) is 33.2 Å².